The zero-order chi connectivity index (χ0) is 17.2. The highest BCUT2D eigenvalue weighted by Gasteiger charge is 2.08. The van der Waals surface area contributed by atoms with E-state index in [0.29, 0.717) is 18.7 Å². The molecule has 4 aromatic rings. The topological polar surface area (TPSA) is 60.9 Å². The van der Waals surface area contributed by atoms with Gasteiger partial charge in [-0.05, 0) is 28.6 Å². The first-order valence-corrected chi connectivity index (χ1v) is 8.11. The molecule has 25 heavy (non-hydrogen) atoms. The van der Waals surface area contributed by atoms with Gasteiger partial charge >= 0.3 is 0 Å². The van der Waals surface area contributed by atoms with E-state index in [9.17, 15) is 4.79 Å². The second-order valence-corrected chi connectivity index (χ2v) is 6.10. The number of hydrogen-bond donors (Lipinski definition) is 0. The van der Waals surface area contributed by atoms with Gasteiger partial charge in [0.1, 0.15) is 0 Å². The number of benzene rings is 2. The summed E-state index contributed by atoms with van der Waals surface area (Å²) in [5, 5.41) is 8.65. The van der Waals surface area contributed by atoms with E-state index >= 15 is 0 Å². The third kappa shape index (κ3) is 3.08. The highest BCUT2D eigenvalue weighted by atomic mass is 16.4. The van der Waals surface area contributed by atoms with Crippen molar-refractivity contribution < 1.29 is 4.42 Å². The summed E-state index contributed by atoms with van der Waals surface area (Å²) in [6.45, 7) is 0. The third-order valence-electron chi connectivity index (χ3n) is 4.39. The minimum atomic E-state index is 0.0497. The lowest BCUT2D eigenvalue weighted by Gasteiger charge is -2.09. The number of hydrogen-bond acceptors (Lipinski definition) is 4. The van der Waals surface area contributed by atoms with Crippen LogP contribution in [0, 0.1) is 0 Å². The van der Waals surface area contributed by atoms with Crippen molar-refractivity contribution in [1.29, 1.82) is 0 Å². The zero-order valence-electron chi connectivity index (χ0n) is 13.8. The Morgan fingerprint density at radius 2 is 1.72 bits per heavy atom. The van der Waals surface area contributed by atoms with Crippen molar-refractivity contribution in [3.8, 4) is 0 Å². The molecule has 0 aliphatic carbocycles. The fraction of sp³-hybridized carbons (Fsp3) is 0.150. The van der Waals surface area contributed by atoms with Crippen molar-refractivity contribution >= 4 is 10.9 Å². The van der Waals surface area contributed by atoms with Crippen LogP contribution in [0.25, 0.3) is 10.9 Å². The van der Waals surface area contributed by atoms with Gasteiger partial charge in [0.2, 0.25) is 12.3 Å². The number of rotatable bonds is 4. The quantitative estimate of drug-likeness (QED) is 0.576. The monoisotopic (exact) mass is 331 g/mol. The van der Waals surface area contributed by atoms with Gasteiger partial charge in [-0.15, -0.1) is 10.2 Å². The fourth-order valence-electron chi connectivity index (χ4n) is 3.06. The number of para-hydroxylation sites is 1. The number of aryl methyl sites for hydroxylation is 1. The van der Waals surface area contributed by atoms with Crippen molar-refractivity contribution in [2.24, 2.45) is 7.05 Å². The molecule has 0 atom stereocenters. The summed E-state index contributed by atoms with van der Waals surface area (Å²) >= 11 is 0. The molecule has 2 aromatic carbocycles. The molecule has 0 saturated carbocycles. The predicted octanol–water partition coefficient (Wildman–Crippen LogP) is 3.10. The highest BCUT2D eigenvalue weighted by molar-refractivity contribution is 5.79. The molecule has 0 bridgehead atoms. The molecule has 2 aromatic heterocycles. The number of pyridine rings is 1. The summed E-state index contributed by atoms with van der Waals surface area (Å²) in [4.78, 5) is 12.6. The van der Waals surface area contributed by atoms with E-state index in [1.54, 1.807) is 4.57 Å². The summed E-state index contributed by atoms with van der Waals surface area (Å²) in [6.07, 6.45) is 2.55. The Hall–Kier alpha value is -3.21. The molecule has 5 nitrogen and oxygen atoms in total. The molecule has 0 spiro atoms. The Bertz CT molecular complexity index is 1060. The van der Waals surface area contributed by atoms with Gasteiger partial charge in [0.05, 0.1) is 11.9 Å². The minimum absolute atomic E-state index is 0.0497. The molecule has 0 amide bonds. The Kier molecular flexibility index (Phi) is 3.90. The minimum Gasteiger partial charge on any atom is -0.428 e. The molecule has 0 N–H and O–H groups in total. The van der Waals surface area contributed by atoms with Gasteiger partial charge in [-0.3, -0.25) is 4.79 Å². The van der Waals surface area contributed by atoms with E-state index in [2.05, 4.69) is 10.2 Å². The van der Waals surface area contributed by atoms with Gasteiger partial charge in [0.15, 0.2) is 0 Å². The van der Waals surface area contributed by atoms with Crippen LogP contribution in [0.2, 0.25) is 0 Å². The second kappa shape index (κ2) is 6.36. The molecule has 0 unspecified atom stereocenters. The van der Waals surface area contributed by atoms with Crippen LogP contribution in [0.4, 0.5) is 0 Å². The maximum Gasteiger partial charge on any atom is 0.254 e. The van der Waals surface area contributed by atoms with E-state index in [1.807, 2.05) is 61.6 Å². The smallest absolute Gasteiger partial charge is 0.254 e. The molecule has 5 heteroatoms. The van der Waals surface area contributed by atoms with E-state index in [0.717, 1.165) is 27.6 Å². The van der Waals surface area contributed by atoms with Crippen LogP contribution < -0.4 is 5.56 Å². The lowest BCUT2D eigenvalue weighted by Crippen LogP contribution is -2.21. The second-order valence-electron chi connectivity index (χ2n) is 6.10. The Balaban J connectivity index is 1.61. The van der Waals surface area contributed by atoms with Gasteiger partial charge in [0.25, 0.3) is 5.56 Å². The molecule has 0 fully saturated rings. The zero-order valence-corrected chi connectivity index (χ0v) is 13.8. The van der Waals surface area contributed by atoms with Gasteiger partial charge < -0.3 is 8.98 Å². The van der Waals surface area contributed by atoms with Crippen LogP contribution in [0.1, 0.15) is 22.6 Å². The number of fused-ring (bicyclic) bond motifs is 1. The van der Waals surface area contributed by atoms with Crippen LogP contribution in [0.15, 0.2) is 70.2 Å². The first kappa shape index (κ1) is 15.3. The normalized spacial score (nSPS) is 11.1. The number of nitrogens with zero attached hydrogens (tertiary/aromatic N) is 3. The molecule has 2 heterocycles. The Morgan fingerprint density at radius 1 is 1.00 bits per heavy atom. The summed E-state index contributed by atoms with van der Waals surface area (Å²) in [7, 11) is 1.82. The maximum absolute atomic E-state index is 12.6. The SMILES string of the molecule is Cn1c(=O)c(Cc2ccc(Cc3nnco3)cc2)cc2ccccc21. The standard InChI is InChI=1S/C20H17N3O2/c1-23-18-5-3-2-4-16(18)12-17(20(23)24)10-14-6-8-15(9-7-14)11-19-22-21-13-25-19/h2-9,12-13H,10-11H2,1H3. The van der Waals surface area contributed by atoms with Gasteiger partial charge in [-0.1, -0.05) is 42.5 Å². The van der Waals surface area contributed by atoms with Crippen LogP contribution in [-0.4, -0.2) is 14.8 Å². The average molecular weight is 331 g/mol. The summed E-state index contributed by atoms with van der Waals surface area (Å²) in [5.74, 6) is 0.594. The van der Waals surface area contributed by atoms with Crippen LogP contribution in [-0.2, 0) is 19.9 Å². The van der Waals surface area contributed by atoms with Crippen molar-refractivity contribution in [2.45, 2.75) is 12.8 Å². The third-order valence-corrected chi connectivity index (χ3v) is 4.39. The van der Waals surface area contributed by atoms with E-state index in [1.165, 1.54) is 6.39 Å². The van der Waals surface area contributed by atoms with Crippen LogP contribution in [0.3, 0.4) is 0 Å². The van der Waals surface area contributed by atoms with Crippen LogP contribution >= 0.6 is 0 Å². The first-order chi connectivity index (χ1) is 12.2. The fourth-order valence-corrected chi connectivity index (χ4v) is 3.06. The Labute approximate surface area is 144 Å². The van der Waals surface area contributed by atoms with Gasteiger partial charge in [-0.25, -0.2) is 0 Å². The van der Waals surface area contributed by atoms with Gasteiger partial charge in [-0.2, -0.15) is 0 Å². The number of aromatic nitrogens is 3. The summed E-state index contributed by atoms with van der Waals surface area (Å²) < 4.78 is 6.88. The lowest BCUT2D eigenvalue weighted by atomic mass is 10.0. The van der Waals surface area contributed by atoms with Crippen LogP contribution in [0.5, 0.6) is 0 Å². The molecule has 0 saturated heterocycles. The molecule has 4 rings (SSSR count). The van der Waals surface area contributed by atoms with Crippen molar-refractivity contribution in [1.82, 2.24) is 14.8 Å². The van der Waals surface area contributed by atoms with E-state index in [4.69, 9.17) is 4.42 Å². The first-order valence-electron chi connectivity index (χ1n) is 8.11. The maximum atomic E-state index is 12.6. The average Bonchev–Trinajstić information content (AvgIpc) is 3.14. The molecule has 0 aliphatic heterocycles. The summed E-state index contributed by atoms with van der Waals surface area (Å²) in [6, 6.07) is 18.1. The molecule has 0 radical (unpaired) electrons. The predicted molar refractivity (Wildman–Crippen MR) is 95.5 cm³/mol. The summed E-state index contributed by atoms with van der Waals surface area (Å²) in [5.41, 5.74) is 3.99. The van der Waals surface area contributed by atoms with Crippen molar-refractivity contribution in [3.05, 3.63) is 93.9 Å². The molecule has 0 aliphatic rings. The molecular weight excluding hydrogens is 314 g/mol. The van der Waals surface area contributed by atoms with Gasteiger partial charge in [0, 0.05) is 19.0 Å². The largest absolute Gasteiger partial charge is 0.428 e. The van der Waals surface area contributed by atoms with E-state index < -0.39 is 0 Å². The highest BCUT2D eigenvalue weighted by Crippen LogP contribution is 2.16. The molecule has 124 valence electrons. The van der Waals surface area contributed by atoms with Crippen molar-refractivity contribution in [2.75, 3.05) is 0 Å². The molecular formula is C20H17N3O2. The van der Waals surface area contributed by atoms with E-state index in [-0.39, 0.29) is 5.56 Å². The Morgan fingerprint density at radius 3 is 2.44 bits per heavy atom. The van der Waals surface area contributed by atoms with Crippen molar-refractivity contribution in [3.63, 3.8) is 0 Å². The lowest BCUT2D eigenvalue weighted by molar-refractivity contribution is 0.505.